The summed E-state index contributed by atoms with van der Waals surface area (Å²) in [4.78, 5) is 26.5. The normalized spacial score (nSPS) is 24.7. The lowest BCUT2D eigenvalue weighted by atomic mass is 10.2. The fraction of sp³-hybridized carbons (Fsp3) is 0.818. The van der Waals surface area contributed by atoms with Gasteiger partial charge in [-0.05, 0) is 25.9 Å². The highest BCUT2D eigenvalue weighted by atomic mass is 16.2. The number of carbonyl (C=O) groups is 2. The third-order valence-electron chi connectivity index (χ3n) is 3.19. The van der Waals surface area contributed by atoms with Crippen LogP contribution in [0.25, 0.3) is 0 Å². The highest BCUT2D eigenvalue weighted by molar-refractivity contribution is 6.01. The quantitative estimate of drug-likeness (QED) is 0.638. The molecule has 0 spiro atoms. The molecule has 0 aromatic heterocycles. The van der Waals surface area contributed by atoms with Crippen LogP contribution in [-0.4, -0.2) is 41.4 Å². The van der Waals surface area contributed by atoms with E-state index < -0.39 is 0 Å². The summed E-state index contributed by atoms with van der Waals surface area (Å²) >= 11 is 0. The number of amides is 2. The zero-order valence-electron chi connectivity index (χ0n) is 9.07. The summed E-state index contributed by atoms with van der Waals surface area (Å²) < 4.78 is 0. The van der Waals surface area contributed by atoms with E-state index in [1.165, 1.54) is 30.6 Å². The average Bonchev–Trinajstić information content (AvgIpc) is 2.49. The molecule has 0 saturated carbocycles. The van der Waals surface area contributed by atoms with Gasteiger partial charge in [-0.15, -0.1) is 0 Å². The van der Waals surface area contributed by atoms with Gasteiger partial charge in [0.25, 0.3) is 0 Å². The Labute approximate surface area is 90.2 Å². The van der Waals surface area contributed by atoms with Crippen molar-refractivity contribution in [2.24, 2.45) is 0 Å². The summed E-state index contributed by atoms with van der Waals surface area (Å²) in [6.45, 7) is 2.58. The van der Waals surface area contributed by atoms with Gasteiger partial charge < -0.3 is 0 Å². The Hall–Kier alpha value is -0.900. The highest BCUT2D eigenvalue weighted by Gasteiger charge is 2.30. The van der Waals surface area contributed by atoms with Gasteiger partial charge in [-0.2, -0.15) is 0 Å². The van der Waals surface area contributed by atoms with Crippen LogP contribution in [-0.2, 0) is 9.59 Å². The molecule has 84 valence electrons. The summed E-state index contributed by atoms with van der Waals surface area (Å²) in [6, 6.07) is 0. The fourth-order valence-electron chi connectivity index (χ4n) is 2.26. The third-order valence-corrected chi connectivity index (χ3v) is 3.19. The Morgan fingerprint density at radius 1 is 0.867 bits per heavy atom. The van der Waals surface area contributed by atoms with Gasteiger partial charge in [0.15, 0.2) is 0 Å². The van der Waals surface area contributed by atoms with Crippen molar-refractivity contribution in [3.8, 4) is 0 Å². The molecule has 4 nitrogen and oxygen atoms in total. The van der Waals surface area contributed by atoms with Crippen molar-refractivity contribution >= 4 is 11.8 Å². The molecule has 4 heteroatoms. The van der Waals surface area contributed by atoms with Crippen LogP contribution in [0.2, 0.25) is 0 Å². The standard InChI is InChI=1S/C11H18N2O2/c14-10-5-6-11(15)13(10)9-12-7-3-1-2-4-8-12/h1-9H2. The van der Waals surface area contributed by atoms with Crippen molar-refractivity contribution in [1.29, 1.82) is 0 Å². The summed E-state index contributed by atoms with van der Waals surface area (Å²) in [6.07, 6.45) is 5.75. The second kappa shape index (κ2) is 4.75. The Morgan fingerprint density at radius 2 is 1.40 bits per heavy atom. The molecular formula is C11H18N2O2. The lowest BCUT2D eigenvalue weighted by Crippen LogP contribution is -2.41. The maximum Gasteiger partial charge on any atom is 0.230 e. The number of nitrogens with zero attached hydrogens (tertiary/aromatic N) is 2. The molecule has 0 aromatic carbocycles. The number of hydrogen-bond donors (Lipinski definition) is 0. The van der Waals surface area contributed by atoms with E-state index in [0.29, 0.717) is 19.5 Å². The molecule has 0 atom stereocenters. The third kappa shape index (κ3) is 2.56. The first-order chi connectivity index (χ1) is 7.27. The van der Waals surface area contributed by atoms with Crippen LogP contribution < -0.4 is 0 Å². The molecule has 0 radical (unpaired) electrons. The van der Waals surface area contributed by atoms with E-state index in [0.717, 1.165) is 13.1 Å². The van der Waals surface area contributed by atoms with Gasteiger partial charge in [-0.25, -0.2) is 0 Å². The smallest absolute Gasteiger partial charge is 0.230 e. The van der Waals surface area contributed by atoms with Crippen LogP contribution in [0.5, 0.6) is 0 Å². The van der Waals surface area contributed by atoms with Gasteiger partial charge in [0, 0.05) is 12.8 Å². The summed E-state index contributed by atoms with van der Waals surface area (Å²) in [5, 5.41) is 0. The lowest BCUT2D eigenvalue weighted by molar-refractivity contribution is -0.140. The van der Waals surface area contributed by atoms with E-state index in [1.807, 2.05) is 0 Å². The maximum absolute atomic E-state index is 11.4. The topological polar surface area (TPSA) is 40.6 Å². The number of hydrogen-bond acceptors (Lipinski definition) is 3. The van der Waals surface area contributed by atoms with Gasteiger partial charge in [0.05, 0.1) is 6.67 Å². The molecule has 0 aromatic rings. The van der Waals surface area contributed by atoms with E-state index in [9.17, 15) is 9.59 Å². The van der Waals surface area contributed by atoms with Gasteiger partial charge in [-0.3, -0.25) is 19.4 Å². The van der Waals surface area contributed by atoms with Gasteiger partial charge >= 0.3 is 0 Å². The molecule has 2 amide bonds. The van der Waals surface area contributed by atoms with Crippen LogP contribution in [0.1, 0.15) is 38.5 Å². The van der Waals surface area contributed by atoms with Crippen LogP contribution in [0.4, 0.5) is 0 Å². The van der Waals surface area contributed by atoms with Crippen LogP contribution in [0.15, 0.2) is 0 Å². The van der Waals surface area contributed by atoms with Crippen molar-refractivity contribution in [3.05, 3.63) is 0 Å². The summed E-state index contributed by atoms with van der Waals surface area (Å²) in [7, 11) is 0. The zero-order chi connectivity index (χ0) is 10.7. The fourth-order valence-corrected chi connectivity index (χ4v) is 2.26. The Kier molecular flexibility index (Phi) is 3.36. The molecule has 2 aliphatic rings. The SMILES string of the molecule is O=C1CCC(=O)N1CN1CCCCCC1. The first-order valence-electron chi connectivity index (χ1n) is 5.83. The second-order valence-electron chi connectivity index (χ2n) is 4.39. The monoisotopic (exact) mass is 210 g/mol. The lowest BCUT2D eigenvalue weighted by Gasteiger charge is -2.24. The summed E-state index contributed by atoms with van der Waals surface area (Å²) in [5.74, 6) is 0.00786. The zero-order valence-corrected chi connectivity index (χ0v) is 9.07. The summed E-state index contributed by atoms with van der Waals surface area (Å²) in [5.41, 5.74) is 0. The molecule has 0 N–H and O–H groups in total. The molecule has 2 fully saturated rings. The second-order valence-corrected chi connectivity index (χ2v) is 4.39. The molecule has 0 aliphatic carbocycles. The van der Waals surface area contributed by atoms with Crippen LogP contribution >= 0.6 is 0 Å². The largest absolute Gasteiger partial charge is 0.286 e. The number of carbonyl (C=O) groups excluding carboxylic acids is 2. The number of rotatable bonds is 2. The molecule has 2 heterocycles. The molecule has 15 heavy (non-hydrogen) atoms. The number of imide groups is 1. The van der Waals surface area contributed by atoms with E-state index in [1.54, 1.807) is 0 Å². The van der Waals surface area contributed by atoms with Crippen LogP contribution in [0.3, 0.4) is 0 Å². The predicted octanol–water partition coefficient (Wildman–Crippen LogP) is 0.969. The minimum atomic E-state index is 0.00393. The van der Waals surface area contributed by atoms with Crippen molar-refractivity contribution in [2.75, 3.05) is 19.8 Å². The van der Waals surface area contributed by atoms with Gasteiger partial charge in [0.1, 0.15) is 0 Å². The van der Waals surface area contributed by atoms with E-state index >= 15 is 0 Å². The molecule has 2 saturated heterocycles. The first-order valence-corrected chi connectivity index (χ1v) is 5.83. The molecule has 0 bridgehead atoms. The molecule has 2 rings (SSSR count). The first kappa shape index (κ1) is 10.6. The minimum Gasteiger partial charge on any atom is -0.286 e. The van der Waals surface area contributed by atoms with Gasteiger partial charge in [0.2, 0.25) is 11.8 Å². The Bertz CT molecular complexity index is 241. The Balaban J connectivity index is 1.89. The maximum atomic E-state index is 11.4. The van der Waals surface area contributed by atoms with E-state index in [2.05, 4.69) is 4.90 Å². The average molecular weight is 210 g/mol. The van der Waals surface area contributed by atoms with E-state index in [-0.39, 0.29) is 11.8 Å². The van der Waals surface area contributed by atoms with Crippen molar-refractivity contribution in [2.45, 2.75) is 38.5 Å². The molecular weight excluding hydrogens is 192 g/mol. The number of likely N-dealkylation sites (tertiary alicyclic amines) is 2. The minimum absolute atomic E-state index is 0.00393. The predicted molar refractivity (Wildman–Crippen MR) is 56.0 cm³/mol. The highest BCUT2D eigenvalue weighted by Crippen LogP contribution is 2.15. The van der Waals surface area contributed by atoms with Gasteiger partial charge in [-0.1, -0.05) is 12.8 Å². The van der Waals surface area contributed by atoms with Crippen LogP contribution in [0, 0.1) is 0 Å². The molecule has 2 aliphatic heterocycles. The van der Waals surface area contributed by atoms with Crippen molar-refractivity contribution in [1.82, 2.24) is 9.80 Å². The Morgan fingerprint density at radius 3 is 1.93 bits per heavy atom. The van der Waals surface area contributed by atoms with Crippen molar-refractivity contribution < 1.29 is 9.59 Å². The molecule has 0 unspecified atom stereocenters. The van der Waals surface area contributed by atoms with Crippen molar-refractivity contribution in [3.63, 3.8) is 0 Å². The van der Waals surface area contributed by atoms with E-state index in [4.69, 9.17) is 0 Å².